The number of sulfone groups is 1. The fourth-order valence-corrected chi connectivity index (χ4v) is 4.64. The molecule has 1 aromatic carbocycles. The van der Waals surface area contributed by atoms with Crippen LogP contribution in [0.3, 0.4) is 0 Å². The van der Waals surface area contributed by atoms with Gasteiger partial charge in [0.15, 0.2) is 9.84 Å². The zero-order valence-electron chi connectivity index (χ0n) is 12.5. The van der Waals surface area contributed by atoms with Gasteiger partial charge in [0.1, 0.15) is 0 Å². The molecule has 6 nitrogen and oxygen atoms in total. The molecular weight excluding hydrogens is 302 g/mol. The highest BCUT2D eigenvalue weighted by Gasteiger charge is 2.32. The number of benzene rings is 1. The normalized spacial score (nSPS) is 20.3. The van der Waals surface area contributed by atoms with E-state index in [4.69, 9.17) is 0 Å². The second-order valence-electron chi connectivity index (χ2n) is 5.74. The van der Waals surface area contributed by atoms with E-state index in [9.17, 15) is 13.2 Å². The van der Waals surface area contributed by atoms with Crippen LogP contribution in [0, 0.1) is 0 Å². The first-order valence-electron chi connectivity index (χ1n) is 7.32. The zero-order chi connectivity index (χ0) is 15.7. The Morgan fingerprint density at radius 1 is 1.41 bits per heavy atom. The van der Waals surface area contributed by atoms with Crippen molar-refractivity contribution in [3.63, 3.8) is 0 Å². The van der Waals surface area contributed by atoms with Crippen molar-refractivity contribution in [1.82, 2.24) is 14.5 Å². The van der Waals surface area contributed by atoms with Gasteiger partial charge in [0, 0.05) is 26.1 Å². The van der Waals surface area contributed by atoms with E-state index in [2.05, 4.69) is 4.98 Å². The van der Waals surface area contributed by atoms with Gasteiger partial charge in [-0.05, 0) is 18.6 Å². The summed E-state index contributed by atoms with van der Waals surface area (Å²) < 4.78 is 25.0. The minimum atomic E-state index is -2.97. The third kappa shape index (κ3) is 2.99. The number of carbonyl (C=O) groups excluding carboxylic acids is 1. The lowest BCUT2D eigenvalue weighted by Crippen LogP contribution is -2.38. The van der Waals surface area contributed by atoms with Gasteiger partial charge < -0.3 is 9.47 Å². The van der Waals surface area contributed by atoms with Crippen LogP contribution in [0.5, 0.6) is 0 Å². The van der Waals surface area contributed by atoms with Crippen molar-refractivity contribution >= 4 is 26.8 Å². The van der Waals surface area contributed by atoms with E-state index in [1.54, 1.807) is 18.3 Å². The first-order valence-corrected chi connectivity index (χ1v) is 9.14. The number of rotatable bonds is 4. The summed E-state index contributed by atoms with van der Waals surface area (Å²) in [6.45, 7) is 0.545. The second kappa shape index (κ2) is 5.72. The highest BCUT2D eigenvalue weighted by atomic mass is 32.2. The van der Waals surface area contributed by atoms with E-state index in [-0.39, 0.29) is 23.5 Å². The van der Waals surface area contributed by atoms with Gasteiger partial charge in [-0.3, -0.25) is 4.79 Å². The van der Waals surface area contributed by atoms with Gasteiger partial charge in [-0.1, -0.05) is 12.1 Å². The standard InChI is InChI=1S/C15H19N3O3S/c1-17(12-7-9-22(20,21)10-12)15(19)6-8-18-11-16-13-4-2-3-5-14(13)18/h2-5,11-12H,6-10H2,1H3. The molecule has 1 aromatic heterocycles. The molecule has 118 valence electrons. The lowest BCUT2D eigenvalue weighted by Gasteiger charge is -2.23. The summed E-state index contributed by atoms with van der Waals surface area (Å²) in [6.07, 6.45) is 2.62. The smallest absolute Gasteiger partial charge is 0.224 e. The van der Waals surface area contributed by atoms with Crippen LogP contribution in [-0.4, -0.2) is 53.4 Å². The van der Waals surface area contributed by atoms with Crippen LogP contribution in [0.25, 0.3) is 11.0 Å². The molecule has 3 rings (SSSR count). The third-order valence-corrected chi connectivity index (χ3v) is 5.99. The molecule has 2 aromatic rings. The van der Waals surface area contributed by atoms with Gasteiger partial charge in [0.05, 0.1) is 28.9 Å². The fraction of sp³-hybridized carbons (Fsp3) is 0.467. The molecule has 0 N–H and O–H groups in total. The van der Waals surface area contributed by atoms with Gasteiger partial charge in [0.25, 0.3) is 0 Å². The summed E-state index contributed by atoms with van der Waals surface area (Å²) in [7, 11) is -1.28. The molecule has 2 heterocycles. The summed E-state index contributed by atoms with van der Waals surface area (Å²) in [6, 6.07) is 7.59. The molecule has 1 amide bonds. The summed E-state index contributed by atoms with van der Waals surface area (Å²) >= 11 is 0. The Labute approximate surface area is 129 Å². The fourth-order valence-electron chi connectivity index (χ4n) is 2.87. The van der Waals surface area contributed by atoms with E-state index in [0.717, 1.165) is 11.0 Å². The molecule has 1 saturated heterocycles. The van der Waals surface area contributed by atoms with Crippen molar-refractivity contribution in [2.45, 2.75) is 25.4 Å². The molecule has 1 atom stereocenters. The van der Waals surface area contributed by atoms with Gasteiger partial charge in [0.2, 0.25) is 5.91 Å². The van der Waals surface area contributed by atoms with Crippen molar-refractivity contribution in [1.29, 1.82) is 0 Å². The number of amides is 1. The molecule has 1 fully saturated rings. The summed E-state index contributed by atoms with van der Waals surface area (Å²) in [5.41, 5.74) is 1.91. The van der Waals surface area contributed by atoms with Crippen molar-refractivity contribution in [2.75, 3.05) is 18.6 Å². The average Bonchev–Trinajstić information content (AvgIpc) is 3.07. The quantitative estimate of drug-likeness (QED) is 0.844. The number of nitrogens with zero attached hydrogens (tertiary/aromatic N) is 3. The van der Waals surface area contributed by atoms with E-state index in [1.165, 1.54) is 0 Å². The number of para-hydroxylation sites is 2. The van der Waals surface area contributed by atoms with Crippen molar-refractivity contribution in [3.8, 4) is 0 Å². The van der Waals surface area contributed by atoms with E-state index in [1.807, 2.05) is 28.8 Å². The number of aromatic nitrogens is 2. The number of carbonyl (C=O) groups is 1. The number of imidazole rings is 1. The van der Waals surface area contributed by atoms with E-state index < -0.39 is 9.84 Å². The minimum Gasteiger partial charge on any atom is -0.342 e. The molecule has 1 unspecified atom stereocenters. The summed E-state index contributed by atoms with van der Waals surface area (Å²) in [5.74, 6) is 0.241. The van der Waals surface area contributed by atoms with Crippen LogP contribution >= 0.6 is 0 Å². The maximum Gasteiger partial charge on any atom is 0.224 e. The third-order valence-electron chi connectivity index (χ3n) is 4.24. The Morgan fingerprint density at radius 2 is 2.18 bits per heavy atom. The average molecular weight is 321 g/mol. The van der Waals surface area contributed by atoms with Crippen molar-refractivity contribution in [2.24, 2.45) is 0 Å². The topological polar surface area (TPSA) is 72.3 Å². The first kappa shape index (κ1) is 15.0. The molecule has 1 aliphatic heterocycles. The minimum absolute atomic E-state index is 0.0279. The van der Waals surface area contributed by atoms with Gasteiger partial charge in [-0.2, -0.15) is 0 Å². The Hall–Kier alpha value is -1.89. The monoisotopic (exact) mass is 321 g/mol. The number of hydrogen-bond acceptors (Lipinski definition) is 4. The van der Waals surface area contributed by atoms with Gasteiger partial charge in [-0.25, -0.2) is 13.4 Å². The second-order valence-corrected chi connectivity index (χ2v) is 7.97. The van der Waals surface area contributed by atoms with Crippen molar-refractivity contribution < 1.29 is 13.2 Å². The highest BCUT2D eigenvalue weighted by molar-refractivity contribution is 7.91. The van der Waals surface area contributed by atoms with E-state index in [0.29, 0.717) is 19.4 Å². The molecule has 0 radical (unpaired) electrons. The Bertz CT molecular complexity index is 797. The molecule has 1 aliphatic rings. The molecule has 0 spiro atoms. The van der Waals surface area contributed by atoms with E-state index >= 15 is 0 Å². The summed E-state index contributed by atoms with van der Waals surface area (Å²) in [4.78, 5) is 18.2. The lowest BCUT2D eigenvalue weighted by atomic mass is 10.2. The predicted octanol–water partition coefficient (Wildman–Crippen LogP) is 1.07. The molecule has 7 heteroatoms. The van der Waals surface area contributed by atoms with Crippen LogP contribution in [0.4, 0.5) is 0 Å². The van der Waals surface area contributed by atoms with Crippen molar-refractivity contribution in [3.05, 3.63) is 30.6 Å². The van der Waals surface area contributed by atoms with Gasteiger partial charge in [-0.15, -0.1) is 0 Å². The van der Waals surface area contributed by atoms with Crippen LogP contribution < -0.4 is 0 Å². The Morgan fingerprint density at radius 3 is 2.91 bits per heavy atom. The molecule has 0 bridgehead atoms. The first-order chi connectivity index (χ1) is 10.5. The summed E-state index contributed by atoms with van der Waals surface area (Å²) in [5, 5.41) is 0. The van der Waals surface area contributed by atoms with Crippen LogP contribution in [0.2, 0.25) is 0 Å². The maximum absolute atomic E-state index is 12.3. The molecular formula is C15H19N3O3S. The van der Waals surface area contributed by atoms with Crippen LogP contribution in [0.1, 0.15) is 12.8 Å². The number of fused-ring (bicyclic) bond motifs is 1. The molecule has 0 aliphatic carbocycles. The lowest BCUT2D eigenvalue weighted by molar-refractivity contribution is -0.131. The number of aryl methyl sites for hydroxylation is 1. The maximum atomic E-state index is 12.3. The van der Waals surface area contributed by atoms with Crippen LogP contribution in [-0.2, 0) is 21.2 Å². The van der Waals surface area contributed by atoms with Crippen LogP contribution in [0.15, 0.2) is 30.6 Å². The highest BCUT2D eigenvalue weighted by Crippen LogP contribution is 2.18. The largest absolute Gasteiger partial charge is 0.342 e. The molecule has 22 heavy (non-hydrogen) atoms. The Balaban J connectivity index is 1.63. The predicted molar refractivity (Wildman–Crippen MR) is 84.2 cm³/mol. The zero-order valence-corrected chi connectivity index (χ0v) is 13.3. The van der Waals surface area contributed by atoms with Gasteiger partial charge >= 0.3 is 0 Å². The number of hydrogen-bond donors (Lipinski definition) is 0. The molecule has 0 saturated carbocycles. The SMILES string of the molecule is CN(C(=O)CCn1cnc2ccccc21)C1CCS(=O)(=O)C1. The Kier molecular flexibility index (Phi) is 3.90.